The van der Waals surface area contributed by atoms with E-state index in [2.05, 4.69) is 0 Å². The van der Waals surface area contributed by atoms with E-state index in [1.807, 2.05) is 0 Å². The molecule has 9 heteroatoms. The van der Waals surface area contributed by atoms with Crippen LogP contribution in [0.1, 0.15) is 28.8 Å². The summed E-state index contributed by atoms with van der Waals surface area (Å²) in [5, 5.41) is 28.4. The highest BCUT2D eigenvalue weighted by Crippen LogP contribution is 2.34. The van der Waals surface area contributed by atoms with Crippen molar-refractivity contribution in [3.63, 3.8) is 0 Å². The number of hydrogen-bond donors (Lipinski definition) is 4. The van der Waals surface area contributed by atoms with Crippen LogP contribution in [-0.2, 0) is 9.53 Å². The van der Waals surface area contributed by atoms with Gasteiger partial charge in [0.05, 0.1) is 12.2 Å². The van der Waals surface area contributed by atoms with E-state index in [1.54, 1.807) is 6.92 Å². The first-order chi connectivity index (χ1) is 12.7. The Morgan fingerprint density at radius 2 is 1.71 bits per heavy atom. The highest BCUT2D eigenvalue weighted by molar-refractivity contribution is 5.89. The summed E-state index contributed by atoms with van der Waals surface area (Å²) in [4.78, 5) is 23.4. The second kappa shape index (κ2) is 9.91. The topological polar surface area (TPSA) is 130 Å². The molecule has 0 bridgehead atoms. The van der Waals surface area contributed by atoms with Crippen LogP contribution >= 0.6 is 12.4 Å². The summed E-state index contributed by atoms with van der Waals surface area (Å²) in [7, 11) is 0. The highest BCUT2D eigenvalue weighted by atomic mass is 35.5. The van der Waals surface area contributed by atoms with Gasteiger partial charge in [0.15, 0.2) is 11.5 Å². The van der Waals surface area contributed by atoms with E-state index in [4.69, 9.17) is 10.5 Å². The lowest BCUT2D eigenvalue weighted by Gasteiger charge is -2.27. The summed E-state index contributed by atoms with van der Waals surface area (Å²) in [5.74, 6) is -4.51. The van der Waals surface area contributed by atoms with Crippen LogP contribution in [0.4, 0.5) is 4.39 Å². The molecule has 0 aliphatic carbocycles. The van der Waals surface area contributed by atoms with Gasteiger partial charge in [-0.05, 0) is 47.9 Å². The molecule has 2 rings (SSSR count). The van der Waals surface area contributed by atoms with Crippen molar-refractivity contribution in [1.29, 1.82) is 0 Å². The molecule has 1 unspecified atom stereocenters. The number of nitrogens with two attached hydrogens (primary N) is 1. The Balaban J connectivity index is 0.00000392. The maximum absolute atomic E-state index is 12.9. The molecular weight excluding hydrogens is 393 g/mol. The van der Waals surface area contributed by atoms with E-state index < -0.39 is 41.4 Å². The fraction of sp³-hybridized carbons (Fsp3) is 0.263. The van der Waals surface area contributed by atoms with Crippen LogP contribution < -0.4 is 5.73 Å². The molecule has 28 heavy (non-hydrogen) atoms. The molecule has 0 radical (unpaired) electrons. The van der Waals surface area contributed by atoms with Crippen molar-refractivity contribution < 1.29 is 34.0 Å². The van der Waals surface area contributed by atoms with Crippen LogP contribution in [-0.4, -0.2) is 39.9 Å². The molecule has 0 heterocycles. The van der Waals surface area contributed by atoms with Crippen molar-refractivity contribution in [3.05, 3.63) is 59.4 Å². The van der Waals surface area contributed by atoms with Crippen LogP contribution in [0.15, 0.2) is 42.5 Å². The van der Waals surface area contributed by atoms with Gasteiger partial charge in [0.25, 0.3) is 0 Å². The number of carboxylic acid groups (broad SMARTS) is 1. The Kier molecular flexibility index (Phi) is 8.21. The lowest BCUT2D eigenvalue weighted by molar-refractivity contribution is -0.139. The van der Waals surface area contributed by atoms with Gasteiger partial charge in [-0.15, -0.1) is 12.4 Å². The number of carbonyl (C=O) groups excluding carboxylic acids is 1. The molecule has 5 N–H and O–H groups in total. The van der Waals surface area contributed by atoms with Gasteiger partial charge in [-0.1, -0.05) is 13.0 Å². The molecule has 0 aliphatic heterocycles. The van der Waals surface area contributed by atoms with Gasteiger partial charge < -0.3 is 25.8 Å². The smallest absolute Gasteiger partial charge is 0.338 e. The number of phenols is 2. The first-order valence-electron chi connectivity index (χ1n) is 8.13. The van der Waals surface area contributed by atoms with Gasteiger partial charge in [-0.2, -0.15) is 0 Å². The van der Waals surface area contributed by atoms with E-state index >= 15 is 0 Å². The molecule has 0 aliphatic rings. The van der Waals surface area contributed by atoms with Gasteiger partial charge in [-0.25, -0.2) is 9.18 Å². The number of esters is 1. The molecule has 2 aromatic carbocycles. The number of halogens is 2. The maximum atomic E-state index is 12.9. The van der Waals surface area contributed by atoms with E-state index in [-0.39, 0.29) is 30.3 Å². The molecule has 0 aromatic heterocycles. The molecule has 3 atom stereocenters. The van der Waals surface area contributed by atoms with Gasteiger partial charge >= 0.3 is 11.9 Å². The zero-order chi connectivity index (χ0) is 20.1. The van der Waals surface area contributed by atoms with E-state index in [1.165, 1.54) is 30.3 Å². The Labute approximate surface area is 167 Å². The van der Waals surface area contributed by atoms with Crippen molar-refractivity contribution in [2.24, 2.45) is 11.7 Å². The SMILES string of the molecule is C[C@@H](COC(=O)c1ccc(F)cc1)C(c1ccc(O)c(O)c1)[C@H](N)C(=O)O.Cl. The minimum Gasteiger partial charge on any atom is -0.504 e. The van der Waals surface area contributed by atoms with E-state index in [0.717, 1.165) is 12.1 Å². The lowest BCUT2D eigenvalue weighted by atomic mass is 9.82. The summed E-state index contributed by atoms with van der Waals surface area (Å²) in [6.07, 6.45) is 0. The number of ether oxygens (including phenoxy) is 1. The summed E-state index contributed by atoms with van der Waals surface area (Å²) in [5.41, 5.74) is 6.33. The fourth-order valence-corrected chi connectivity index (χ4v) is 2.77. The average molecular weight is 414 g/mol. The minimum absolute atomic E-state index is 0. The normalized spacial score (nSPS) is 13.7. The lowest BCUT2D eigenvalue weighted by Crippen LogP contribution is -2.40. The van der Waals surface area contributed by atoms with Crippen LogP contribution in [0.5, 0.6) is 11.5 Å². The Morgan fingerprint density at radius 3 is 2.25 bits per heavy atom. The van der Waals surface area contributed by atoms with Crippen LogP contribution in [0.3, 0.4) is 0 Å². The summed E-state index contributed by atoms with van der Waals surface area (Å²) in [6, 6.07) is 7.38. The van der Waals surface area contributed by atoms with Gasteiger partial charge in [-0.3, -0.25) is 4.79 Å². The van der Waals surface area contributed by atoms with Gasteiger partial charge in [0.1, 0.15) is 11.9 Å². The third kappa shape index (κ3) is 5.58. The minimum atomic E-state index is -1.33. The monoisotopic (exact) mass is 413 g/mol. The number of phenolic OH excluding ortho intramolecular Hbond substituents is 2. The Morgan fingerprint density at radius 1 is 1.11 bits per heavy atom. The predicted molar refractivity (Wildman–Crippen MR) is 101 cm³/mol. The van der Waals surface area contributed by atoms with E-state index in [9.17, 15) is 29.3 Å². The molecule has 0 saturated heterocycles. The number of benzene rings is 2. The fourth-order valence-electron chi connectivity index (χ4n) is 2.77. The summed E-state index contributed by atoms with van der Waals surface area (Å²) in [6.45, 7) is 1.50. The number of carboxylic acids is 1. The molecule has 7 nitrogen and oxygen atoms in total. The van der Waals surface area contributed by atoms with Crippen LogP contribution in [0, 0.1) is 11.7 Å². The third-order valence-electron chi connectivity index (χ3n) is 4.23. The second-order valence-corrected chi connectivity index (χ2v) is 6.22. The van der Waals surface area contributed by atoms with Crippen molar-refractivity contribution in [3.8, 4) is 11.5 Å². The zero-order valence-corrected chi connectivity index (χ0v) is 15.7. The number of hydrogen-bond acceptors (Lipinski definition) is 6. The van der Waals surface area contributed by atoms with E-state index in [0.29, 0.717) is 5.56 Å². The molecule has 0 spiro atoms. The van der Waals surface area contributed by atoms with Crippen molar-refractivity contribution in [2.75, 3.05) is 6.61 Å². The zero-order valence-electron chi connectivity index (χ0n) is 14.9. The van der Waals surface area contributed by atoms with Crippen LogP contribution in [0.2, 0.25) is 0 Å². The standard InChI is InChI=1S/C19H20FNO6.ClH/c1-10(9-27-19(26)11-2-5-13(20)6-3-11)16(17(21)18(24)25)12-4-7-14(22)15(23)8-12;/h2-8,10,16-17,22-23H,9,21H2,1H3,(H,24,25);1H/t10-,16?,17-;/m0./s1. The van der Waals surface area contributed by atoms with Crippen LogP contribution in [0.25, 0.3) is 0 Å². The Hall–Kier alpha value is -2.84. The largest absolute Gasteiger partial charge is 0.504 e. The molecule has 152 valence electrons. The van der Waals surface area contributed by atoms with Crippen molar-refractivity contribution in [1.82, 2.24) is 0 Å². The number of rotatable bonds is 7. The number of aromatic hydroxyl groups is 2. The highest BCUT2D eigenvalue weighted by Gasteiger charge is 2.32. The van der Waals surface area contributed by atoms with Gasteiger partial charge in [0.2, 0.25) is 0 Å². The molecule has 0 amide bonds. The molecule has 2 aromatic rings. The third-order valence-corrected chi connectivity index (χ3v) is 4.23. The molecule has 0 fully saturated rings. The summed E-state index contributed by atoms with van der Waals surface area (Å²) >= 11 is 0. The first-order valence-corrected chi connectivity index (χ1v) is 8.13. The van der Waals surface area contributed by atoms with Crippen molar-refractivity contribution >= 4 is 24.3 Å². The molecular formula is C19H21ClFNO6. The summed E-state index contributed by atoms with van der Waals surface area (Å²) < 4.78 is 18.1. The quantitative estimate of drug-likeness (QED) is 0.405. The predicted octanol–water partition coefficient (Wildman–Crippen LogP) is 2.65. The second-order valence-electron chi connectivity index (χ2n) is 6.22. The first kappa shape index (κ1) is 23.2. The van der Waals surface area contributed by atoms with Gasteiger partial charge in [0, 0.05) is 5.92 Å². The maximum Gasteiger partial charge on any atom is 0.338 e. The number of aliphatic carboxylic acids is 1. The van der Waals surface area contributed by atoms with Crippen molar-refractivity contribution in [2.45, 2.75) is 18.9 Å². The molecule has 0 saturated carbocycles. The average Bonchev–Trinajstić information content (AvgIpc) is 2.63. The number of carbonyl (C=O) groups is 2. The Bertz CT molecular complexity index is 830.